The molecule has 0 unspecified atom stereocenters. The first-order chi connectivity index (χ1) is 12.0. The van der Waals surface area contributed by atoms with Gasteiger partial charge in [-0.1, -0.05) is 0 Å². The molecule has 0 bridgehead atoms. The standard InChI is InChI=1S/C18H26N6O/c1-12-13(2)21-16(18(25)23(3)4)22-17(12)24-8-6-15(11-24)20-10-14-5-7-19-9-14/h5,7,9,15,19-20H,6,8,10-11H2,1-4H3/t15-/m1/s1. The second-order valence-electron chi connectivity index (χ2n) is 6.81. The average Bonchev–Trinajstić information content (AvgIpc) is 3.25. The molecule has 2 N–H and O–H groups in total. The predicted octanol–water partition coefficient (Wildman–Crippen LogP) is 1.49. The molecule has 7 heteroatoms. The number of aromatic nitrogens is 3. The molecule has 0 radical (unpaired) electrons. The van der Waals surface area contributed by atoms with Crippen molar-refractivity contribution in [1.82, 2.24) is 25.2 Å². The van der Waals surface area contributed by atoms with Crippen molar-refractivity contribution in [3.8, 4) is 0 Å². The molecular weight excluding hydrogens is 316 g/mol. The van der Waals surface area contributed by atoms with Crippen LogP contribution in [0.15, 0.2) is 18.5 Å². The van der Waals surface area contributed by atoms with Crippen molar-refractivity contribution < 1.29 is 4.79 Å². The van der Waals surface area contributed by atoms with E-state index in [4.69, 9.17) is 0 Å². The number of aromatic amines is 1. The molecule has 1 atom stereocenters. The van der Waals surface area contributed by atoms with Crippen molar-refractivity contribution in [2.75, 3.05) is 32.1 Å². The average molecular weight is 342 g/mol. The second-order valence-corrected chi connectivity index (χ2v) is 6.81. The van der Waals surface area contributed by atoms with E-state index in [9.17, 15) is 4.79 Å². The van der Waals surface area contributed by atoms with Crippen LogP contribution in [0.3, 0.4) is 0 Å². The number of carbonyl (C=O) groups excluding carboxylic acids is 1. The summed E-state index contributed by atoms with van der Waals surface area (Å²) in [7, 11) is 3.44. The van der Waals surface area contributed by atoms with Crippen LogP contribution in [0.5, 0.6) is 0 Å². The minimum Gasteiger partial charge on any atom is -0.367 e. The van der Waals surface area contributed by atoms with Crippen LogP contribution in [-0.2, 0) is 6.54 Å². The number of H-pyrrole nitrogens is 1. The van der Waals surface area contributed by atoms with E-state index in [0.29, 0.717) is 6.04 Å². The molecule has 2 aromatic heterocycles. The number of amides is 1. The molecule has 2 aromatic rings. The number of nitrogens with zero attached hydrogens (tertiary/aromatic N) is 4. The summed E-state index contributed by atoms with van der Waals surface area (Å²) in [5, 5.41) is 3.59. The Kier molecular flexibility index (Phi) is 5.03. The number of nitrogens with one attached hydrogen (secondary N) is 2. The van der Waals surface area contributed by atoms with Crippen molar-refractivity contribution in [1.29, 1.82) is 0 Å². The molecule has 3 heterocycles. The van der Waals surface area contributed by atoms with Crippen LogP contribution in [0.4, 0.5) is 5.82 Å². The molecule has 7 nitrogen and oxygen atoms in total. The quantitative estimate of drug-likeness (QED) is 0.861. The van der Waals surface area contributed by atoms with Gasteiger partial charge >= 0.3 is 0 Å². The molecule has 134 valence electrons. The lowest BCUT2D eigenvalue weighted by molar-refractivity contribution is 0.0815. The van der Waals surface area contributed by atoms with Gasteiger partial charge in [0, 0.05) is 63.4 Å². The fourth-order valence-corrected chi connectivity index (χ4v) is 3.07. The van der Waals surface area contributed by atoms with Gasteiger partial charge in [-0.25, -0.2) is 9.97 Å². The zero-order valence-corrected chi connectivity index (χ0v) is 15.3. The number of rotatable bonds is 5. The number of hydrogen-bond donors (Lipinski definition) is 2. The molecule has 0 aliphatic carbocycles. The number of carbonyl (C=O) groups is 1. The third-order valence-corrected chi connectivity index (χ3v) is 4.71. The van der Waals surface area contributed by atoms with Crippen molar-refractivity contribution in [2.24, 2.45) is 0 Å². The molecule has 1 aliphatic rings. The SMILES string of the molecule is Cc1nc(C(=O)N(C)C)nc(N2CC[C@@H](NCc3cc[nH]c3)C2)c1C. The Balaban J connectivity index is 1.72. The van der Waals surface area contributed by atoms with Crippen LogP contribution in [0.2, 0.25) is 0 Å². The summed E-state index contributed by atoms with van der Waals surface area (Å²) in [6.45, 7) is 6.63. The van der Waals surface area contributed by atoms with E-state index in [-0.39, 0.29) is 11.7 Å². The lowest BCUT2D eigenvalue weighted by Gasteiger charge is -2.22. The molecule has 1 saturated heterocycles. The highest BCUT2D eigenvalue weighted by Gasteiger charge is 2.26. The summed E-state index contributed by atoms with van der Waals surface area (Å²) in [6.07, 6.45) is 5.01. The summed E-state index contributed by atoms with van der Waals surface area (Å²) in [4.78, 5) is 28.0. The van der Waals surface area contributed by atoms with Gasteiger partial charge in [-0.2, -0.15) is 0 Å². The Morgan fingerprint density at radius 2 is 2.20 bits per heavy atom. The first kappa shape index (κ1) is 17.4. The summed E-state index contributed by atoms with van der Waals surface area (Å²) in [5.74, 6) is 0.987. The molecular formula is C18H26N6O. The van der Waals surface area contributed by atoms with E-state index >= 15 is 0 Å². The summed E-state index contributed by atoms with van der Waals surface area (Å²) < 4.78 is 0. The maximum absolute atomic E-state index is 12.2. The molecule has 1 fully saturated rings. The Morgan fingerprint density at radius 1 is 1.40 bits per heavy atom. The van der Waals surface area contributed by atoms with Crippen molar-refractivity contribution in [3.05, 3.63) is 41.1 Å². The van der Waals surface area contributed by atoms with Gasteiger partial charge in [-0.15, -0.1) is 0 Å². The van der Waals surface area contributed by atoms with E-state index < -0.39 is 0 Å². The van der Waals surface area contributed by atoms with E-state index in [1.807, 2.05) is 26.2 Å². The Labute approximate surface area is 148 Å². The van der Waals surface area contributed by atoms with Gasteiger partial charge in [0.15, 0.2) is 0 Å². The third-order valence-electron chi connectivity index (χ3n) is 4.71. The van der Waals surface area contributed by atoms with E-state index in [1.165, 1.54) is 10.5 Å². The van der Waals surface area contributed by atoms with Crippen LogP contribution in [-0.4, -0.2) is 59.0 Å². The van der Waals surface area contributed by atoms with Crippen molar-refractivity contribution in [3.63, 3.8) is 0 Å². The summed E-state index contributed by atoms with van der Waals surface area (Å²) >= 11 is 0. The van der Waals surface area contributed by atoms with Crippen molar-refractivity contribution >= 4 is 11.7 Å². The number of aryl methyl sites for hydroxylation is 1. The molecule has 1 aliphatic heterocycles. The minimum atomic E-state index is -0.161. The number of hydrogen-bond acceptors (Lipinski definition) is 5. The lowest BCUT2D eigenvalue weighted by atomic mass is 10.2. The zero-order valence-electron chi connectivity index (χ0n) is 15.3. The Hall–Kier alpha value is -2.41. The van der Waals surface area contributed by atoms with E-state index in [0.717, 1.165) is 43.1 Å². The molecule has 1 amide bonds. The van der Waals surface area contributed by atoms with Gasteiger partial charge < -0.3 is 20.1 Å². The van der Waals surface area contributed by atoms with Crippen LogP contribution in [0, 0.1) is 13.8 Å². The first-order valence-corrected chi connectivity index (χ1v) is 8.62. The fraction of sp³-hybridized carbons (Fsp3) is 0.500. The highest BCUT2D eigenvalue weighted by atomic mass is 16.2. The summed E-state index contributed by atoms with van der Waals surface area (Å²) in [6, 6.07) is 2.49. The van der Waals surface area contributed by atoms with E-state index in [2.05, 4.69) is 31.2 Å². The molecule has 25 heavy (non-hydrogen) atoms. The lowest BCUT2D eigenvalue weighted by Crippen LogP contribution is -2.33. The zero-order chi connectivity index (χ0) is 18.0. The maximum atomic E-state index is 12.2. The predicted molar refractivity (Wildman–Crippen MR) is 97.8 cm³/mol. The largest absolute Gasteiger partial charge is 0.367 e. The monoisotopic (exact) mass is 342 g/mol. The smallest absolute Gasteiger partial charge is 0.291 e. The van der Waals surface area contributed by atoms with Crippen LogP contribution in [0.1, 0.15) is 33.9 Å². The molecule has 0 saturated carbocycles. The Bertz CT molecular complexity index is 740. The highest BCUT2D eigenvalue weighted by molar-refractivity contribution is 5.90. The Morgan fingerprint density at radius 3 is 2.88 bits per heavy atom. The molecule has 0 spiro atoms. The second kappa shape index (κ2) is 7.23. The van der Waals surface area contributed by atoms with Gasteiger partial charge in [0.25, 0.3) is 5.91 Å². The van der Waals surface area contributed by atoms with Crippen LogP contribution >= 0.6 is 0 Å². The molecule has 0 aromatic carbocycles. The third kappa shape index (κ3) is 3.82. The topological polar surface area (TPSA) is 77.2 Å². The van der Waals surface area contributed by atoms with Gasteiger partial charge in [0.05, 0.1) is 0 Å². The van der Waals surface area contributed by atoms with Crippen LogP contribution < -0.4 is 10.2 Å². The molecule has 3 rings (SSSR count). The van der Waals surface area contributed by atoms with Gasteiger partial charge in [0.1, 0.15) is 5.82 Å². The number of anilines is 1. The van der Waals surface area contributed by atoms with Gasteiger partial charge in [0.2, 0.25) is 5.82 Å². The normalized spacial score (nSPS) is 17.1. The maximum Gasteiger partial charge on any atom is 0.291 e. The van der Waals surface area contributed by atoms with Crippen LogP contribution in [0.25, 0.3) is 0 Å². The first-order valence-electron chi connectivity index (χ1n) is 8.62. The van der Waals surface area contributed by atoms with E-state index in [1.54, 1.807) is 14.1 Å². The van der Waals surface area contributed by atoms with Gasteiger partial charge in [-0.3, -0.25) is 4.79 Å². The fourth-order valence-electron chi connectivity index (χ4n) is 3.07. The van der Waals surface area contributed by atoms with Gasteiger partial charge in [-0.05, 0) is 31.9 Å². The highest BCUT2D eigenvalue weighted by Crippen LogP contribution is 2.24. The van der Waals surface area contributed by atoms with Crippen molar-refractivity contribution in [2.45, 2.75) is 32.9 Å². The summed E-state index contributed by atoms with van der Waals surface area (Å²) in [5.41, 5.74) is 3.16. The minimum absolute atomic E-state index is 0.161.